The molecule has 2 unspecified atom stereocenters. The van der Waals surface area contributed by atoms with Crippen LogP contribution in [0.3, 0.4) is 0 Å². The van der Waals surface area contributed by atoms with Crippen LogP contribution in [-0.4, -0.2) is 30.8 Å². The molecule has 1 aliphatic heterocycles. The maximum Gasteiger partial charge on any atom is 0.0791 e. The number of hydrogen-bond acceptors (Lipinski definition) is 4. The summed E-state index contributed by atoms with van der Waals surface area (Å²) >= 11 is 0. The third-order valence-electron chi connectivity index (χ3n) is 2.68. The SMILES string of the molecule is C=CCNC1NCCNC1c1ccccn1. The molecule has 2 heterocycles. The van der Waals surface area contributed by atoms with Crippen LogP contribution in [-0.2, 0) is 0 Å². The highest BCUT2D eigenvalue weighted by atomic mass is 15.2. The molecule has 0 aromatic carbocycles. The Morgan fingerprint density at radius 1 is 1.44 bits per heavy atom. The highest BCUT2D eigenvalue weighted by Crippen LogP contribution is 2.14. The van der Waals surface area contributed by atoms with Crippen molar-refractivity contribution in [2.75, 3.05) is 19.6 Å². The van der Waals surface area contributed by atoms with Crippen LogP contribution in [0, 0.1) is 0 Å². The second-order valence-corrected chi connectivity index (χ2v) is 3.82. The molecule has 1 aliphatic rings. The van der Waals surface area contributed by atoms with Gasteiger partial charge in [-0.05, 0) is 12.1 Å². The molecule has 0 amide bonds. The second-order valence-electron chi connectivity index (χ2n) is 3.82. The van der Waals surface area contributed by atoms with Gasteiger partial charge in [0.05, 0.1) is 17.9 Å². The van der Waals surface area contributed by atoms with E-state index >= 15 is 0 Å². The van der Waals surface area contributed by atoms with Crippen LogP contribution < -0.4 is 16.0 Å². The fourth-order valence-electron chi connectivity index (χ4n) is 1.93. The molecule has 4 heteroatoms. The zero-order valence-corrected chi connectivity index (χ0v) is 9.32. The number of aromatic nitrogens is 1. The summed E-state index contributed by atoms with van der Waals surface area (Å²) in [4.78, 5) is 4.39. The molecular formula is C12H18N4. The van der Waals surface area contributed by atoms with Gasteiger partial charge in [0.15, 0.2) is 0 Å². The highest BCUT2D eigenvalue weighted by molar-refractivity contribution is 5.12. The summed E-state index contributed by atoms with van der Waals surface area (Å²) in [5.74, 6) is 0. The average molecular weight is 218 g/mol. The summed E-state index contributed by atoms with van der Waals surface area (Å²) in [5, 5.41) is 10.3. The molecule has 1 aromatic heterocycles. The van der Waals surface area contributed by atoms with Crippen molar-refractivity contribution in [1.29, 1.82) is 0 Å². The predicted octanol–water partition coefficient (Wildman–Crippen LogP) is 0.417. The average Bonchev–Trinajstić information content (AvgIpc) is 2.38. The van der Waals surface area contributed by atoms with Crippen molar-refractivity contribution in [2.24, 2.45) is 0 Å². The molecule has 4 nitrogen and oxygen atoms in total. The van der Waals surface area contributed by atoms with E-state index in [1.807, 2.05) is 30.5 Å². The van der Waals surface area contributed by atoms with E-state index in [1.165, 1.54) is 0 Å². The smallest absolute Gasteiger partial charge is 0.0791 e. The molecule has 2 atom stereocenters. The van der Waals surface area contributed by atoms with E-state index in [9.17, 15) is 0 Å². The zero-order chi connectivity index (χ0) is 11.2. The lowest BCUT2D eigenvalue weighted by Crippen LogP contribution is -2.57. The first-order valence-electron chi connectivity index (χ1n) is 5.64. The normalized spacial score (nSPS) is 25.2. The number of nitrogens with one attached hydrogen (secondary N) is 3. The first-order valence-corrected chi connectivity index (χ1v) is 5.64. The van der Waals surface area contributed by atoms with Crippen LogP contribution in [0.25, 0.3) is 0 Å². The molecule has 2 rings (SSSR count). The Morgan fingerprint density at radius 3 is 3.06 bits per heavy atom. The minimum absolute atomic E-state index is 0.210. The lowest BCUT2D eigenvalue weighted by atomic mass is 10.1. The van der Waals surface area contributed by atoms with Crippen LogP contribution in [0.1, 0.15) is 11.7 Å². The lowest BCUT2D eigenvalue weighted by molar-refractivity contribution is 0.284. The van der Waals surface area contributed by atoms with Crippen molar-refractivity contribution in [1.82, 2.24) is 20.9 Å². The van der Waals surface area contributed by atoms with E-state index in [0.717, 1.165) is 25.3 Å². The van der Waals surface area contributed by atoms with E-state index in [-0.39, 0.29) is 12.2 Å². The summed E-state index contributed by atoms with van der Waals surface area (Å²) in [5.41, 5.74) is 1.07. The summed E-state index contributed by atoms with van der Waals surface area (Å²) < 4.78 is 0. The van der Waals surface area contributed by atoms with Gasteiger partial charge in [-0.1, -0.05) is 12.1 Å². The quantitative estimate of drug-likeness (QED) is 0.641. The Balaban J connectivity index is 2.07. The Kier molecular flexibility index (Phi) is 4.04. The van der Waals surface area contributed by atoms with Crippen LogP contribution >= 0.6 is 0 Å². The topological polar surface area (TPSA) is 49.0 Å². The molecule has 0 bridgehead atoms. The first-order chi connectivity index (χ1) is 7.92. The summed E-state index contributed by atoms with van der Waals surface area (Å²) in [6.45, 7) is 6.45. The van der Waals surface area contributed by atoms with E-state index in [1.54, 1.807) is 0 Å². The highest BCUT2D eigenvalue weighted by Gasteiger charge is 2.25. The molecule has 0 saturated carbocycles. The summed E-state index contributed by atoms with van der Waals surface area (Å²) in [6, 6.07) is 6.22. The molecule has 1 aromatic rings. The fourth-order valence-corrected chi connectivity index (χ4v) is 1.93. The van der Waals surface area contributed by atoms with E-state index < -0.39 is 0 Å². The molecule has 16 heavy (non-hydrogen) atoms. The van der Waals surface area contributed by atoms with Crippen molar-refractivity contribution < 1.29 is 0 Å². The molecular weight excluding hydrogens is 200 g/mol. The van der Waals surface area contributed by atoms with E-state index in [0.29, 0.717) is 0 Å². The van der Waals surface area contributed by atoms with E-state index in [4.69, 9.17) is 0 Å². The van der Waals surface area contributed by atoms with Gasteiger partial charge in [0, 0.05) is 25.8 Å². The monoisotopic (exact) mass is 218 g/mol. The molecule has 0 radical (unpaired) electrons. The van der Waals surface area contributed by atoms with Gasteiger partial charge in [-0.25, -0.2) is 0 Å². The number of pyridine rings is 1. The first kappa shape index (κ1) is 11.3. The van der Waals surface area contributed by atoms with Gasteiger partial charge < -0.3 is 5.32 Å². The Labute approximate surface area is 96.2 Å². The van der Waals surface area contributed by atoms with Gasteiger partial charge in [0.25, 0.3) is 0 Å². The van der Waals surface area contributed by atoms with Gasteiger partial charge in [-0.3, -0.25) is 15.6 Å². The number of hydrogen-bond donors (Lipinski definition) is 3. The molecule has 0 aliphatic carbocycles. The molecule has 1 saturated heterocycles. The van der Waals surface area contributed by atoms with Crippen molar-refractivity contribution in [3.05, 3.63) is 42.7 Å². The van der Waals surface area contributed by atoms with Crippen molar-refractivity contribution >= 4 is 0 Å². The molecule has 86 valence electrons. The predicted molar refractivity (Wildman–Crippen MR) is 65.0 cm³/mol. The molecule has 0 spiro atoms. The van der Waals surface area contributed by atoms with Crippen molar-refractivity contribution in [2.45, 2.75) is 12.2 Å². The van der Waals surface area contributed by atoms with Crippen LogP contribution in [0.4, 0.5) is 0 Å². The zero-order valence-electron chi connectivity index (χ0n) is 9.32. The van der Waals surface area contributed by atoms with E-state index in [2.05, 4.69) is 27.5 Å². The maximum absolute atomic E-state index is 4.39. The van der Waals surface area contributed by atoms with Gasteiger partial charge in [-0.15, -0.1) is 6.58 Å². The Bertz CT molecular complexity index is 325. The van der Waals surface area contributed by atoms with Gasteiger partial charge in [-0.2, -0.15) is 0 Å². The van der Waals surface area contributed by atoms with Gasteiger partial charge >= 0.3 is 0 Å². The molecule has 1 fully saturated rings. The maximum atomic E-state index is 4.39. The van der Waals surface area contributed by atoms with Crippen LogP contribution in [0.5, 0.6) is 0 Å². The fraction of sp³-hybridized carbons (Fsp3) is 0.417. The third kappa shape index (κ3) is 2.66. The Morgan fingerprint density at radius 2 is 2.31 bits per heavy atom. The largest absolute Gasteiger partial charge is 0.305 e. The van der Waals surface area contributed by atoms with Crippen LogP contribution in [0.15, 0.2) is 37.1 Å². The van der Waals surface area contributed by atoms with Crippen molar-refractivity contribution in [3.8, 4) is 0 Å². The van der Waals surface area contributed by atoms with Crippen LogP contribution in [0.2, 0.25) is 0 Å². The lowest BCUT2D eigenvalue weighted by Gasteiger charge is -2.33. The summed E-state index contributed by atoms with van der Waals surface area (Å²) in [7, 11) is 0. The minimum atomic E-state index is 0.210. The summed E-state index contributed by atoms with van der Waals surface area (Å²) in [6.07, 6.45) is 3.91. The Hall–Kier alpha value is -1.23. The van der Waals surface area contributed by atoms with Gasteiger partial charge in [0.1, 0.15) is 0 Å². The molecule has 3 N–H and O–H groups in total. The minimum Gasteiger partial charge on any atom is -0.305 e. The third-order valence-corrected chi connectivity index (χ3v) is 2.68. The standard InChI is InChI=1S/C12H18N4/c1-2-6-15-12-11(14-8-9-16-12)10-5-3-4-7-13-10/h2-5,7,11-12,14-16H,1,6,8-9H2. The number of piperazine rings is 1. The van der Waals surface area contributed by atoms with Gasteiger partial charge in [0.2, 0.25) is 0 Å². The second kappa shape index (κ2) is 5.75. The number of nitrogens with zero attached hydrogens (tertiary/aromatic N) is 1. The number of rotatable bonds is 4. The van der Waals surface area contributed by atoms with Crippen molar-refractivity contribution in [3.63, 3.8) is 0 Å².